The van der Waals surface area contributed by atoms with Gasteiger partial charge in [-0.3, -0.25) is 9.59 Å². The van der Waals surface area contributed by atoms with E-state index < -0.39 is 35.2 Å². The minimum atomic E-state index is -4.96. The molecular formula is C19H15F4N5O2. The Morgan fingerprint density at radius 3 is 2.40 bits per heavy atom. The van der Waals surface area contributed by atoms with Crippen LogP contribution in [0.2, 0.25) is 0 Å². The molecule has 1 aromatic heterocycles. The molecule has 0 saturated carbocycles. The minimum Gasteiger partial charge on any atom is -0.352 e. The summed E-state index contributed by atoms with van der Waals surface area (Å²) in [6, 6.07) is 9.78. The van der Waals surface area contributed by atoms with Gasteiger partial charge < -0.3 is 10.6 Å². The molecule has 2 amide bonds. The summed E-state index contributed by atoms with van der Waals surface area (Å²) in [5.41, 5.74) is -2.16. The fourth-order valence-electron chi connectivity index (χ4n) is 2.64. The highest BCUT2D eigenvalue weighted by molar-refractivity contribution is 6.04. The van der Waals surface area contributed by atoms with Crippen LogP contribution in [0.25, 0.3) is 5.69 Å². The van der Waals surface area contributed by atoms with Gasteiger partial charge in [-0.15, -0.1) is 5.10 Å². The number of hydrogen-bond donors (Lipinski definition) is 2. The molecule has 3 aromatic rings. The molecule has 30 heavy (non-hydrogen) atoms. The molecule has 0 saturated heterocycles. The number of nitrogens with zero attached hydrogens (tertiary/aromatic N) is 3. The number of carbonyl (C=O) groups excluding carboxylic acids is 2. The molecule has 0 unspecified atom stereocenters. The first-order valence-electron chi connectivity index (χ1n) is 8.69. The normalized spacial score (nSPS) is 11.2. The first kappa shape index (κ1) is 21.0. The van der Waals surface area contributed by atoms with E-state index in [1.807, 2.05) is 0 Å². The average Bonchev–Trinajstić information content (AvgIpc) is 3.15. The highest BCUT2D eigenvalue weighted by atomic mass is 19.4. The third kappa shape index (κ3) is 4.45. The van der Waals surface area contributed by atoms with Gasteiger partial charge in [-0.1, -0.05) is 11.3 Å². The van der Waals surface area contributed by atoms with Crippen LogP contribution in [-0.2, 0) is 6.18 Å². The van der Waals surface area contributed by atoms with Gasteiger partial charge in [0, 0.05) is 17.8 Å². The largest absolute Gasteiger partial charge is 0.435 e. The van der Waals surface area contributed by atoms with Crippen molar-refractivity contribution in [3.63, 3.8) is 0 Å². The molecule has 156 valence electrons. The Morgan fingerprint density at radius 1 is 1.07 bits per heavy atom. The van der Waals surface area contributed by atoms with Crippen LogP contribution in [0.1, 0.15) is 33.5 Å². The van der Waals surface area contributed by atoms with Crippen LogP contribution in [0, 0.1) is 5.82 Å². The van der Waals surface area contributed by atoms with Crippen LogP contribution in [-0.4, -0.2) is 33.4 Å². The summed E-state index contributed by atoms with van der Waals surface area (Å²) in [5, 5.41) is 11.6. The van der Waals surface area contributed by atoms with E-state index >= 15 is 0 Å². The van der Waals surface area contributed by atoms with E-state index in [1.165, 1.54) is 24.3 Å². The first-order valence-corrected chi connectivity index (χ1v) is 8.69. The lowest BCUT2D eigenvalue weighted by Gasteiger charge is -2.11. The maximum absolute atomic E-state index is 13.7. The van der Waals surface area contributed by atoms with Gasteiger partial charge >= 0.3 is 6.18 Å². The monoisotopic (exact) mass is 421 g/mol. The van der Waals surface area contributed by atoms with Crippen molar-refractivity contribution >= 4 is 17.5 Å². The van der Waals surface area contributed by atoms with Gasteiger partial charge in [0.05, 0.1) is 5.69 Å². The van der Waals surface area contributed by atoms with Crippen LogP contribution in [0.15, 0.2) is 48.5 Å². The molecule has 7 nitrogen and oxygen atoms in total. The first-order chi connectivity index (χ1) is 14.2. The summed E-state index contributed by atoms with van der Waals surface area (Å²) >= 11 is 0. The maximum Gasteiger partial charge on any atom is 0.435 e. The zero-order chi connectivity index (χ0) is 21.9. The van der Waals surface area contributed by atoms with Crippen molar-refractivity contribution in [3.05, 3.63) is 71.3 Å². The van der Waals surface area contributed by atoms with Gasteiger partial charge in [-0.2, -0.15) is 13.2 Å². The van der Waals surface area contributed by atoms with Crippen LogP contribution < -0.4 is 10.6 Å². The Kier molecular flexibility index (Phi) is 5.81. The van der Waals surface area contributed by atoms with E-state index in [9.17, 15) is 27.2 Å². The fraction of sp³-hybridized carbons (Fsp3) is 0.158. The molecule has 0 aliphatic carbocycles. The van der Waals surface area contributed by atoms with Crippen molar-refractivity contribution in [1.29, 1.82) is 0 Å². The molecule has 2 aromatic carbocycles. The van der Waals surface area contributed by atoms with Crippen LogP contribution >= 0.6 is 0 Å². The lowest BCUT2D eigenvalue weighted by atomic mass is 10.2. The number of amides is 2. The van der Waals surface area contributed by atoms with Gasteiger partial charge in [0.25, 0.3) is 11.8 Å². The number of alkyl halides is 3. The molecule has 0 fully saturated rings. The Labute approximate surface area is 167 Å². The summed E-state index contributed by atoms with van der Waals surface area (Å²) in [6.07, 6.45) is -4.96. The highest BCUT2D eigenvalue weighted by Gasteiger charge is 2.42. The van der Waals surface area contributed by atoms with Gasteiger partial charge in [0.1, 0.15) is 5.82 Å². The second-order valence-corrected chi connectivity index (χ2v) is 6.07. The van der Waals surface area contributed by atoms with Crippen molar-refractivity contribution in [3.8, 4) is 5.69 Å². The molecule has 11 heteroatoms. The van der Waals surface area contributed by atoms with Crippen LogP contribution in [0.3, 0.4) is 0 Å². The molecule has 0 aliphatic heterocycles. The molecule has 0 bridgehead atoms. The zero-order valence-corrected chi connectivity index (χ0v) is 15.5. The van der Waals surface area contributed by atoms with E-state index in [4.69, 9.17) is 0 Å². The summed E-state index contributed by atoms with van der Waals surface area (Å²) in [5.74, 6) is -2.20. The number of rotatable bonds is 5. The van der Waals surface area contributed by atoms with E-state index in [2.05, 4.69) is 20.9 Å². The SMILES string of the molecule is CCNC(=O)c1cccc(NC(=O)c2nnn(-c3ccc(F)cc3)c2C(F)(F)F)c1. The van der Waals surface area contributed by atoms with Crippen molar-refractivity contribution in [2.75, 3.05) is 11.9 Å². The predicted octanol–water partition coefficient (Wildman–Crippen LogP) is 3.43. The molecule has 3 rings (SSSR count). The lowest BCUT2D eigenvalue weighted by molar-refractivity contribution is -0.143. The Morgan fingerprint density at radius 2 is 1.77 bits per heavy atom. The smallest absolute Gasteiger partial charge is 0.352 e. The van der Waals surface area contributed by atoms with Crippen LogP contribution in [0.5, 0.6) is 0 Å². The van der Waals surface area contributed by atoms with Gasteiger partial charge in [0.15, 0.2) is 11.4 Å². The number of aromatic nitrogens is 3. The molecule has 1 heterocycles. The summed E-state index contributed by atoms with van der Waals surface area (Å²) in [6.45, 7) is 2.11. The van der Waals surface area contributed by atoms with Gasteiger partial charge in [0.2, 0.25) is 0 Å². The molecular weight excluding hydrogens is 406 g/mol. The lowest BCUT2D eigenvalue weighted by Crippen LogP contribution is -2.23. The van der Waals surface area contributed by atoms with E-state index in [0.29, 0.717) is 11.2 Å². The average molecular weight is 421 g/mol. The Balaban J connectivity index is 1.94. The number of anilines is 1. The third-order valence-electron chi connectivity index (χ3n) is 3.95. The van der Waals surface area contributed by atoms with E-state index in [0.717, 1.165) is 24.3 Å². The molecule has 2 N–H and O–H groups in total. The Bertz CT molecular complexity index is 1080. The predicted molar refractivity (Wildman–Crippen MR) is 98.7 cm³/mol. The van der Waals surface area contributed by atoms with Crippen molar-refractivity contribution < 1.29 is 27.2 Å². The minimum absolute atomic E-state index is 0.105. The summed E-state index contributed by atoms with van der Waals surface area (Å²) < 4.78 is 54.5. The number of benzene rings is 2. The topological polar surface area (TPSA) is 88.9 Å². The number of hydrogen-bond acceptors (Lipinski definition) is 4. The van der Waals surface area contributed by atoms with Crippen molar-refractivity contribution in [1.82, 2.24) is 20.3 Å². The summed E-state index contributed by atoms with van der Waals surface area (Å²) in [4.78, 5) is 24.4. The highest BCUT2D eigenvalue weighted by Crippen LogP contribution is 2.33. The zero-order valence-electron chi connectivity index (χ0n) is 15.5. The second kappa shape index (κ2) is 8.31. The molecule has 0 spiro atoms. The quantitative estimate of drug-likeness (QED) is 0.618. The van der Waals surface area contributed by atoms with Crippen molar-refractivity contribution in [2.24, 2.45) is 0 Å². The standard InChI is InChI=1S/C19H15F4N5O2/c1-2-24-17(29)11-4-3-5-13(10-11)25-18(30)15-16(19(21,22)23)28(27-26-15)14-8-6-12(20)7-9-14/h3-10H,2H2,1H3,(H,24,29)(H,25,30). The maximum atomic E-state index is 13.7. The van der Waals surface area contributed by atoms with Gasteiger partial charge in [-0.05, 0) is 49.4 Å². The molecule has 0 aliphatic rings. The molecule has 0 radical (unpaired) electrons. The van der Waals surface area contributed by atoms with Crippen LogP contribution in [0.4, 0.5) is 23.2 Å². The van der Waals surface area contributed by atoms with E-state index in [1.54, 1.807) is 6.92 Å². The number of carbonyl (C=O) groups is 2. The third-order valence-corrected chi connectivity index (χ3v) is 3.95. The summed E-state index contributed by atoms with van der Waals surface area (Å²) in [7, 11) is 0. The number of halogens is 4. The Hall–Kier alpha value is -3.76. The fourth-order valence-corrected chi connectivity index (χ4v) is 2.64. The van der Waals surface area contributed by atoms with E-state index in [-0.39, 0.29) is 16.9 Å². The van der Waals surface area contributed by atoms with Gasteiger partial charge in [-0.25, -0.2) is 9.07 Å². The van der Waals surface area contributed by atoms with Crippen molar-refractivity contribution in [2.45, 2.75) is 13.1 Å². The molecule has 0 atom stereocenters. The second-order valence-electron chi connectivity index (χ2n) is 6.07. The number of nitrogens with one attached hydrogen (secondary N) is 2.